The van der Waals surface area contributed by atoms with E-state index in [0.29, 0.717) is 13.1 Å². The third-order valence-corrected chi connectivity index (χ3v) is 5.82. The minimum absolute atomic E-state index is 0.00549. The first-order chi connectivity index (χ1) is 13.3. The predicted molar refractivity (Wildman–Crippen MR) is 97.6 cm³/mol. The van der Waals surface area contributed by atoms with E-state index in [-0.39, 0.29) is 41.8 Å². The molecule has 1 saturated carbocycles. The highest BCUT2D eigenvalue weighted by atomic mass is 19.1. The highest BCUT2D eigenvalue weighted by Crippen LogP contribution is 2.53. The number of nitrogens with zero attached hydrogens (tertiary/aromatic N) is 2. The molecule has 0 radical (unpaired) electrons. The summed E-state index contributed by atoms with van der Waals surface area (Å²) in [6, 6.07) is 2.28. The first-order valence-corrected chi connectivity index (χ1v) is 9.26. The normalized spacial score (nSPS) is 25.4. The molecule has 152 valence electrons. The zero-order chi connectivity index (χ0) is 20.1. The van der Waals surface area contributed by atoms with Crippen molar-refractivity contribution < 1.29 is 23.1 Å². The summed E-state index contributed by atoms with van der Waals surface area (Å²) < 4.78 is 34.8. The molecule has 2 unspecified atom stereocenters. The molecule has 2 atom stereocenters. The summed E-state index contributed by atoms with van der Waals surface area (Å²) >= 11 is 0. The Balaban J connectivity index is 1.52. The number of amides is 2. The van der Waals surface area contributed by atoms with Crippen LogP contribution in [0.4, 0.5) is 25.0 Å². The van der Waals surface area contributed by atoms with Crippen molar-refractivity contribution in [3.8, 4) is 0 Å². The van der Waals surface area contributed by atoms with Gasteiger partial charge in [-0.05, 0) is 12.8 Å². The molecule has 2 amide bonds. The van der Waals surface area contributed by atoms with Crippen molar-refractivity contribution in [2.45, 2.75) is 31.9 Å². The van der Waals surface area contributed by atoms with Crippen LogP contribution in [0.5, 0.6) is 0 Å². The lowest BCUT2D eigenvalue weighted by atomic mass is 10.0. The number of carbonyl (C=O) groups is 2. The fraction of sp³-hybridized carbons (Fsp3) is 0.556. The van der Waals surface area contributed by atoms with E-state index in [4.69, 9.17) is 10.6 Å². The number of rotatable bonds is 5. The van der Waals surface area contributed by atoms with E-state index >= 15 is 0 Å². The Bertz CT molecular complexity index is 793. The lowest BCUT2D eigenvalue weighted by Crippen LogP contribution is -2.42. The minimum atomic E-state index is -0.735. The lowest BCUT2D eigenvalue weighted by Gasteiger charge is -2.22. The van der Waals surface area contributed by atoms with E-state index in [0.717, 1.165) is 25.0 Å². The summed E-state index contributed by atoms with van der Waals surface area (Å²) in [5.74, 6) is 3.88. The largest absolute Gasteiger partial charge is 0.442 e. The summed E-state index contributed by atoms with van der Waals surface area (Å²) in [6.07, 6.45) is 0.684. The number of cyclic esters (lactones) is 1. The smallest absolute Gasteiger partial charge is 0.414 e. The van der Waals surface area contributed by atoms with Crippen LogP contribution in [0.3, 0.4) is 0 Å². The topological polar surface area (TPSA) is 99.9 Å². The summed E-state index contributed by atoms with van der Waals surface area (Å²) in [5, 5.41) is 2.56. The number of anilines is 2. The quantitative estimate of drug-likeness (QED) is 0.505. The van der Waals surface area contributed by atoms with Gasteiger partial charge in [-0.1, -0.05) is 0 Å². The van der Waals surface area contributed by atoms with Crippen LogP contribution in [0.1, 0.15) is 19.8 Å². The number of carbonyl (C=O) groups excluding carboxylic acids is 2. The molecule has 1 aliphatic carbocycles. The molecule has 3 fully saturated rings. The van der Waals surface area contributed by atoms with Gasteiger partial charge in [0.25, 0.3) is 0 Å². The molecule has 2 saturated heterocycles. The second-order valence-electron chi connectivity index (χ2n) is 7.77. The van der Waals surface area contributed by atoms with Crippen molar-refractivity contribution in [3.05, 3.63) is 23.8 Å². The Hall–Kier alpha value is -2.46. The summed E-state index contributed by atoms with van der Waals surface area (Å²) in [7, 11) is 0. The van der Waals surface area contributed by atoms with E-state index < -0.39 is 23.8 Å². The monoisotopic (exact) mass is 395 g/mol. The zero-order valence-corrected chi connectivity index (χ0v) is 15.5. The highest BCUT2D eigenvalue weighted by Gasteiger charge is 2.55. The Morgan fingerprint density at radius 1 is 1.32 bits per heavy atom. The summed E-state index contributed by atoms with van der Waals surface area (Å²) in [5.41, 5.74) is 2.73. The van der Waals surface area contributed by atoms with Crippen LogP contribution >= 0.6 is 0 Å². The van der Waals surface area contributed by atoms with Crippen LogP contribution in [0.25, 0.3) is 0 Å². The third-order valence-electron chi connectivity index (χ3n) is 5.82. The van der Waals surface area contributed by atoms with Gasteiger partial charge in [0.2, 0.25) is 5.91 Å². The molecule has 0 bridgehead atoms. The van der Waals surface area contributed by atoms with Gasteiger partial charge in [-0.3, -0.25) is 21.0 Å². The van der Waals surface area contributed by atoms with E-state index in [9.17, 15) is 18.4 Å². The Morgan fingerprint density at radius 2 is 2.00 bits per heavy atom. The Labute approximate surface area is 160 Å². The first kappa shape index (κ1) is 18.9. The van der Waals surface area contributed by atoms with Crippen LogP contribution in [-0.2, 0) is 9.53 Å². The van der Waals surface area contributed by atoms with Gasteiger partial charge >= 0.3 is 6.09 Å². The molecule has 2 heterocycles. The van der Waals surface area contributed by atoms with Crippen molar-refractivity contribution in [1.29, 1.82) is 0 Å². The van der Waals surface area contributed by atoms with Gasteiger partial charge in [0.15, 0.2) is 11.6 Å². The van der Waals surface area contributed by atoms with Gasteiger partial charge in [0.1, 0.15) is 11.8 Å². The van der Waals surface area contributed by atoms with Crippen LogP contribution in [0.2, 0.25) is 0 Å². The predicted octanol–water partition coefficient (Wildman–Crippen LogP) is 0.858. The Kier molecular flexibility index (Phi) is 4.62. The van der Waals surface area contributed by atoms with E-state index in [1.54, 1.807) is 4.90 Å². The third kappa shape index (κ3) is 3.26. The number of ether oxygens (including phenoxy) is 1. The van der Waals surface area contributed by atoms with E-state index in [1.807, 2.05) is 0 Å². The van der Waals surface area contributed by atoms with Gasteiger partial charge in [-0.15, -0.1) is 0 Å². The second-order valence-corrected chi connectivity index (χ2v) is 7.77. The second kappa shape index (κ2) is 6.85. The molecule has 28 heavy (non-hydrogen) atoms. The molecule has 4 rings (SSSR count). The highest BCUT2D eigenvalue weighted by molar-refractivity contribution is 5.90. The van der Waals surface area contributed by atoms with Gasteiger partial charge < -0.3 is 15.0 Å². The number of halogens is 2. The molecule has 10 heteroatoms. The van der Waals surface area contributed by atoms with Gasteiger partial charge in [-0.25, -0.2) is 13.6 Å². The first-order valence-electron chi connectivity index (χ1n) is 9.26. The van der Waals surface area contributed by atoms with Crippen molar-refractivity contribution in [2.75, 3.05) is 36.0 Å². The van der Waals surface area contributed by atoms with Crippen LogP contribution in [-0.4, -0.2) is 50.3 Å². The minimum Gasteiger partial charge on any atom is -0.442 e. The van der Waals surface area contributed by atoms with Crippen molar-refractivity contribution >= 4 is 23.4 Å². The average molecular weight is 395 g/mol. The molecule has 1 aromatic carbocycles. The van der Waals surface area contributed by atoms with Crippen molar-refractivity contribution in [3.63, 3.8) is 0 Å². The van der Waals surface area contributed by atoms with Crippen molar-refractivity contribution in [1.82, 2.24) is 10.7 Å². The maximum Gasteiger partial charge on any atom is 0.414 e. The molecule has 1 aromatic rings. The molecule has 1 spiro atoms. The fourth-order valence-electron chi connectivity index (χ4n) is 4.14. The molecular formula is C18H23F2N5O3. The SMILES string of the molecule is CC(=O)NCC1CN(c2cc(F)c(N3CC(NN)C4(CC4)C3)c(F)c2)C(=O)O1. The summed E-state index contributed by atoms with van der Waals surface area (Å²) in [4.78, 5) is 25.9. The maximum atomic E-state index is 14.8. The lowest BCUT2D eigenvalue weighted by molar-refractivity contribution is -0.119. The van der Waals surface area contributed by atoms with Crippen LogP contribution in [0, 0.1) is 17.0 Å². The number of nitrogens with two attached hydrogens (primary N) is 1. The Morgan fingerprint density at radius 3 is 2.54 bits per heavy atom. The molecule has 2 aliphatic heterocycles. The molecule has 4 N–H and O–H groups in total. The van der Waals surface area contributed by atoms with Gasteiger partial charge in [-0.2, -0.15) is 0 Å². The van der Waals surface area contributed by atoms with E-state index in [1.165, 1.54) is 11.8 Å². The van der Waals surface area contributed by atoms with Gasteiger partial charge in [0, 0.05) is 43.6 Å². The number of hydrazine groups is 1. The summed E-state index contributed by atoms with van der Waals surface area (Å²) in [6.45, 7) is 2.56. The maximum absolute atomic E-state index is 14.8. The standard InChI is InChI=1S/C18H23F2N5O3/c1-10(26)22-6-12-7-25(17(27)28-12)11-4-13(19)16(14(20)5-11)24-8-15(23-21)18(9-24)2-3-18/h4-5,12,15,23H,2-3,6-9,21H2,1H3,(H,22,26). The van der Waals surface area contributed by atoms with Crippen molar-refractivity contribution in [2.24, 2.45) is 11.3 Å². The van der Waals surface area contributed by atoms with Crippen LogP contribution in [0.15, 0.2) is 12.1 Å². The van der Waals surface area contributed by atoms with E-state index in [2.05, 4.69) is 10.7 Å². The average Bonchev–Trinajstić information content (AvgIpc) is 3.16. The molecular weight excluding hydrogens is 372 g/mol. The zero-order valence-electron chi connectivity index (χ0n) is 15.5. The number of benzene rings is 1. The number of nitrogens with one attached hydrogen (secondary N) is 2. The number of hydrogen-bond donors (Lipinski definition) is 3. The molecule has 8 nitrogen and oxygen atoms in total. The van der Waals surface area contributed by atoms with Gasteiger partial charge in [0.05, 0.1) is 18.8 Å². The number of hydrogen-bond acceptors (Lipinski definition) is 6. The van der Waals surface area contributed by atoms with Crippen LogP contribution < -0.4 is 26.4 Å². The fourth-order valence-corrected chi connectivity index (χ4v) is 4.14. The molecule has 0 aromatic heterocycles. The molecule has 3 aliphatic rings.